The van der Waals surface area contributed by atoms with Crippen LogP contribution in [-0.4, -0.2) is 16.6 Å². The monoisotopic (exact) mass is 337 g/mol. The van der Waals surface area contributed by atoms with E-state index in [0.29, 0.717) is 19.4 Å². The summed E-state index contributed by atoms with van der Waals surface area (Å²) < 4.78 is 13.7. The maximum absolute atomic E-state index is 5.39. The predicted molar refractivity (Wildman–Crippen MR) is 80.2 cm³/mol. The van der Waals surface area contributed by atoms with Gasteiger partial charge in [-0.05, 0) is 31.5 Å². The Hall–Kier alpha value is -1.69. The van der Waals surface area contributed by atoms with Gasteiger partial charge in [-0.3, -0.25) is 4.68 Å². The highest BCUT2D eigenvalue weighted by Crippen LogP contribution is 2.37. The minimum atomic E-state index is 0.291. The van der Waals surface area contributed by atoms with Crippen LogP contribution in [0.5, 0.6) is 11.5 Å². The van der Waals surface area contributed by atoms with Crippen LogP contribution < -0.4 is 14.8 Å². The quantitative estimate of drug-likeness (QED) is 0.926. The number of hydrogen-bond donors (Lipinski definition) is 1. The van der Waals surface area contributed by atoms with Crippen LogP contribution in [0, 0.1) is 0 Å². The average Bonchev–Trinajstić information content (AvgIpc) is 3.03. The molecule has 0 amide bonds. The lowest BCUT2D eigenvalue weighted by Crippen LogP contribution is -2.01. The maximum atomic E-state index is 5.39. The van der Waals surface area contributed by atoms with Crippen molar-refractivity contribution in [2.75, 3.05) is 12.1 Å². The zero-order valence-corrected chi connectivity index (χ0v) is 13.0. The standard InChI is InChI=1S/C14H16BrN3O2/c1-9(2)18-7-11(6-17-18)16-5-10-3-13-14(4-12(10)15)20-8-19-13/h3-4,6-7,9,16H,5,8H2,1-2H3. The normalized spacial score (nSPS) is 13.0. The number of hydrogen-bond acceptors (Lipinski definition) is 4. The van der Waals surface area contributed by atoms with E-state index < -0.39 is 0 Å². The minimum Gasteiger partial charge on any atom is -0.454 e. The molecule has 0 saturated heterocycles. The van der Waals surface area contributed by atoms with Crippen molar-refractivity contribution in [1.29, 1.82) is 0 Å². The summed E-state index contributed by atoms with van der Waals surface area (Å²) in [5.74, 6) is 1.58. The Morgan fingerprint density at radius 1 is 1.35 bits per heavy atom. The summed E-state index contributed by atoms with van der Waals surface area (Å²) in [6, 6.07) is 4.30. The molecular formula is C14H16BrN3O2. The first-order chi connectivity index (χ1) is 9.63. The highest BCUT2D eigenvalue weighted by atomic mass is 79.9. The van der Waals surface area contributed by atoms with E-state index in [1.165, 1.54) is 0 Å². The summed E-state index contributed by atoms with van der Waals surface area (Å²) in [6.07, 6.45) is 3.84. The van der Waals surface area contributed by atoms with E-state index in [1.807, 2.05) is 29.2 Å². The number of fused-ring (bicyclic) bond motifs is 1. The Morgan fingerprint density at radius 3 is 2.80 bits per heavy atom. The molecule has 6 heteroatoms. The summed E-state index contributed by atoms with van der Waals surface area (Å²) in [7, 11) is 0. The number of rotatable bonds is 4. The Labute approximate surface area is 126 Å². The Kier molecular flexibility index (Phi) is 3.56. The zero-order chi connectivity index (χ0) is 14.1. The van der Waals surface area contributed by atoms with E-state index >= 15 is 0 Å². The summed E-state index contributed by atoms with van der Waals surface area (Å²) in [6.45, 7) is 5.19. The van der Waals surface area contributed by atoms with Gasteiger partial charge in [-0.2, -0.15) is 5.10 Å². The molecule has 0 bridgehead atoms. The van der Waals surface area contributed by atoms with Crippen molar-refractivity contribution in [1.82, 2.24) is 9.78 Å². The van der Waals surface area contributed by atoms with E-state index in [-0.39, 0.29) is 0 Å². The molecule has 1 aromatic carbocycles. The van der Waals surface area contributed by atoms with Crippen molar-refractivity contribution in [3.05, 3.63) is 34.6 Å². The fraction of sp³-hybridized carbons (Fsp3) is 0.357. The van der Waals surface area contributed by atoms with E-state index in [2.05, 4.69) is 40.2 Å². The summed E-state index contributed by atoms with van der Waals surface area (Å²) in [5, 5.41) is 7.66. The molecule has 1 aliphatic heterocycles. The third-order valence-electron chi connectivity index (χ3n) is 3.16. The highest BCUT2D eigenvalue weighted by Gasteiger charge is 2.16. The van der Waals surface area contributed by atoms with Crippen LogP contribution in [0.2, 0.25) is 0 Å². The molecule has 1 aliphatic rings. The molecule has 0 unspecified atom stereocenters. The second kappa shape index (κ2) is 5.36. The van der Waals surface area contributed by atoms with Gasteiger partial charge in [0, 0.05) is 23.3 Å². The number of anilines is 1. The van der Waals surface area contributed by atoms with E-state index in [4.69, 9.17) is 9.47 Å². The predicted octanol–water partition coefficient (Wildman–Crippen LogP) is 3.57. The van der Waals surface area contributed by atoms with E-state index in [0.717, 1.165) is 27.2 Å². The summed E-state index contributed by atoms with van der Waals surface area (Å²) in [5.41, 5.74) is 2.12. The molecule has 3 rings (SSSR count). The largest absolute Gasteiger partial charge is 0.454 e. The van der Waals surface area contributed by atoms with Gasteiger partial charge in [-0.15, -0.1) is 0 Å². The molecule has 0 spiro atoms. The molecular weight excluding hydrogens is 322 g/mol. The van der Waals surface area contributed by atoms with Crippen molar-refractivity contribution in [2.24, 2.45) is 0 Å². The molecule has 5 nitrogen and oxygen atoms in total. The molecule has 0 atom stereocenters. The van der Waals surface area contributed by atoms with Crippen LogP contribution in [0.25, 0.3) is 0 Å². The second-order valence-electron chi connectivity index (χ2n) is 4.95. The molecule has 1 N–H and O–H groups in total. The third kappa shape index (κ3) is 2.60. The Bertz CT molecular complexity index is 625. The van der Waals surface area contributed by atoms with Crippen LogP contribution in [0.15, 0.2) is 29.0 Å². The van der Waals surface area contributed by atoms with Gasteiger partial charge in [0.15, 0.2) is 11.5 Å². The minimum absolute atomic E-state index is 0.291. The third-order valence-corrected chi connectivity index (χ3v) is 3.89. The van der Waals surface area contributed by atoms with Gasteiger partial charge in [0.1, 0.15) is 0 Å². The number of halogens is 1. The van der Waals surface area contributed by atoms with Crippen LogP contribution in [0.1, 0.15) is 25.5 Å². The number of aromatic nitrogens is 2. The van der Waals surface area contributed by atoms with Gasteiger partial charge in [0.05, 0.1) is 11.9 Å². The fourth-order valence-corrected chi connectivity index (χ4v) is 2.47. The van der Waals surface area contributed by atoms with Crippen LogP contribution in [-0.2, 0) is 6.54 Å². The lowest BCUT2D eigenvalue weighted by Gasteiger charge is -2.08. The first-order valence-electron chi connectivity index (χ1n) is 6.49. The molecule has 106 valence electrons. The topological polar surface area (TPSA) is 48.3 Å². The van der Waals surface area contributed by atoms with Gasteiger partial charge in [-0.25, -0.2) is 0 Å². The second-order valence-corrected chi connectivity index (χ2v) is 5.81. The molecule has 0 aliphatic carbocycles. The van der Waals surface area contributed by atoms with Crippen LogP contribution >= 0.6 is 15.9 Å². The lowest BCUT2D eigenvalue weighted by atomic mass is 10.2. The fourth-order valence-electron chi connectivity index (χ4n) is 2.00. The lowest BCUT2D eigenvalue weighted by molar-refractivity contribution is 0.174. The molecule has 2 heterocycles. The number of ether oxygens (including phenoxy) is 2. The molecule has 2 aromatic rings. The SMILES string of the molecule is CC(C)n1cc(NCc2cc3c(cc2Br)OCO3)cn1. The van der Waals surface area contributed by atoms with Gasteiger partial charge < -0.3 is 14.8 Å². The molecule has 1 aromatic heterocycles. The molecule has 20 heavy (non-hydrogen) atoms. The molecule has 0 saturated carbocycles. The zero-order valence-electron chi connectivity index (χ0n) is 11.4. The van der Waals surface area contributed by atoms with Gasteiger partial charge in [0.25, 0.3) is 0 Å². The Morgan fingerprint density at radius 2 is 2.10 bits per heavy atom. The van der Waals surface area contributed by atoms with Crippen molar-refractivity contribution < 1.29 is 9.47 Å². The highest BCUT2D eigenvalue weighted by molar-refractivity contribution is 9.10. The number of nitrogens with one attached hydrogen (secondary N) is 1. The van der Waals surface area contributed by atoms with Crippen molar-refractivity contribution >= 4 is 21.6 Å². The Balaban J connectivity index is 1.71. The number of nitrogens with zero attached hydrogens (tertiary/aromatic N) is 2. The van der Waals surface area contributed by atoms with Gasteiger partial charge in [0.2, 0.25) is 6.79 Å². The molecule has 0 fully saturated rings. The first-order valence-corrected chi connectivity index (χ1v) is 7.29. The summed E-state index contributed by atoms with van der Waals surface area (Å²) >= 11 is 3.56. The van der Waals surface area contributed by atoms with Crippen molar-refractivity contribution in [3.8, 4) is 11.5 Å². The summed E-state index contributed by atoms with van der Waals surface area (Å²) in [4.78, 5) is 0. The maximum Gasteiger partial charge on any atom is 0.231 e. The van der Waals surface area contributed by atoms with Crippen molar-refractivity contribution in [3.63, 3.8) is 0 Å². The first kappa shape index (κ1) is 13.3. The van der Waals surface area contributed by atoms with Crippen molar-refractivity contribution in [2.45, 2.75) is 26.4 Å². The average molecular weight is 338 g/mol. The number of benzene rings is 1. The van der Waals surface area contributed by atoms with E-state index in [9.17, 15) is 0 Å². The van der Waals surface area contributed by atoms with Gasteiger partial charge in [-0.1, -0.05) is 15.9 Å². The molecule has 0 radical (unpaired) electrons. The smallest absolute Gasteiger partial charge is 0.231 e. The van der Waals surface area contributed by atoms with Gasteiger partial charge >= 0.3 is 0 Å². The van der Waals surface area contributed by atoms with Crippen LogP contribution in [0.4, 0.5) is 5.69 Å². The van der Waals surface area contributed by atoms with Crippen LogP contribution in [0.3, 0.4) is 0 Å². The van der Waals surface area contributed by atoms with E-state index in [1.54, 1.807) is 0 Å².